The van der Waals surface area contributed by atoms with Crippen molar-refractivity contribution in [2.75, 3.05) is 18.4 Å². The molecule has 0 atom stereocenters. The predicted molar refractivity (Wildman–Crippen MR) is 95.0 cm³/mol. The van der Waals surface area contributed by atoms with E-state index >= 15 is 0 Å². The predicted octanol–water partition coefficient (Wildman–Crippen LogP) is 3.49. The summed E-state index contributed by atoms with van der Waals surface area (Å²) in [4.78, 5) is 26.4. The molecule has 1 saturated heterocycles. The molecular formula is C20H22N2O2. The molecule has 4 nitrogen and oxygen atoms in total. The van der Waals surface area contributed by atoms with Crippen LogP contribution in [-0.4, -0.2) is 29.8 Å². The average molecular weight is 322 g/mol. The van der Waals surface area contributed by atoms with Gasteiger partial charge in [0.15, 0.2) is 0 Å². The Labute approximate surface area is 142 Å². The number of rotatable bonds is 5. The quantitative estimate of drug-likeness (QED) is 0.916. The Morgan fingerprint density at radius 2 is 1.71 bits per heavy atom. The summed E-state index contributed by atoms with van der Waals surface area (Å²) in [5, 5.41) is 2.89. The van der Waals surface area contributed by atoms with Crippen LogP contribution in [0.1, 0.15) is 35.2 Å². The molecule has 1 aliphatic rings. The van der Waals surface area contributed by atoms with Gasteiger partial charge in [0.05, 0.1) is 0 Å². The van der Waals surface area contributed by atoms with Crippen molar-refractivity contribution in [3.63, 3.8) is 0 Å². The van der Waals surface area contributed by atoms with Crippen molar-refractivity contribution in [2.45, 2.75) is 25.7 Å². The molecule has 124 valence electrons. The zero-order valence-electron chi connectivity index (χ0n) is 13.7. The van der Waals surface area contributed by atoms with Gasteiger partial charge in [0.2, 0.25) is 5.91 Å². The number of likely N-dealkylation sites (tertiary alicyclic amines) is 1. The Kier molecular flexibility index (Phi) is 5.26. The highest BCUT2D eigenvalue weighted by Gasteiger charge is 2.19. The first-order valence-electron chi connectivity index (χ1n) is 8.45. The number of hydrogen-bond donors (Lipinski definition) is 1. The first-order chi connectivity index (χ1) is 11.7. The number of benzene rings is 2. The maximum atomic E-state index is 12.4. The summed E-state index contributed by atoms with van der Waals surface area (Å²) in [5.41, 5.74) is 2.46. The minimum absolute atomic E-state index is 0.0374. The standard InChI is InChI=1S/C20H22N2O2/c23-19(12-11-16-7-2-1-3-8-16)21-18-10-6-9-17(15-18)20(24)22-13-4-5-14-22/h1-3,6-10,15H,4-5,11-14H2,(H,21,23). The lowest BCUT2D eigenvalue weighted by atomic mass is 10.1. The molecule has 0 saturated carbocycles. The lowest BCUT2D eigenvalue weighted by molar-refractivity contribution is -0.116. The number of hydrogen-bond acceptors (Lipinski definition) is 2. The smallest absolute Gasteiger partial charge is 0.253 e. The van der Waals surface area contributed by atoms with Crippen LogP contribution in [0.15, 0.2) is 54.6 Å². The minimum Gasteiger partial charge on any atom is -0.339 e. The van der Waals surface area contributed by atoms with E-state index in [9.17, 15) is 9.59 Å². The minimum atomic E-state index is -0.0374. The zero-order chi connectivity index (χ0) is 16.8. The molecule has 4 heteroatoms. The highest BCUT2D eigenvalue weighted by molar-refractivity contribution is 5.97. The van der Waals surface area contributed by atoms with Crippen molar-refractivity contribution in [1.29, 1.82) is 0 Å². The summed E-state index contributed by atoms with van der Waals surface area (Å²) in [6.45, 7) is 1.65. The summed E-state index contributed by atoms with van der Waals surface area (Å²) in [6.07, 6.45) is 3.27. The number of nitrogens with zero attached hydrogens (tertiary/aromatic N) is 1. The van der Waals surface area contributed by atoms with Crippen LogP contribution in [0.3, 0.4) is 0 Å². The van der Waals surface area contributed by atoms with E-state index in [-0.39, 0.29) is 11.8 Å². The third kappa shape index (κ3) is 4.22. The summed E-state index contributed by atoms with van der Waals surface area (Å²) >= 11 is 0. The molecule has 2 amide bonds. The molecule has 3 rings (SSSR count). The summed E-state index contributed by atoms with van der Waals surface area (Å²) in [7, 11) is 0. The molecule has 2 aromatic carbocycles. The molecule has 1 aliphatic heterocycles. The van der Waals surface area contributed by atoms with Crippen LogP contribution in [0.5, 0.6) is 0 Å². The van der Waals surface area contributed by atoms with Crippen LogP contribution < -0.4 is 5.32 Å². The monoisotopic (exact) mass is 322 g/mol. The first-order valence-corrected chi connectivity index (χ1v) is 8.45. The first kappa shape index (κ1) is 16.2. The topological polar surface area (TPSA) is 49.4 Å². The van der Waals surface area contributed by atoms with Crippen molar-refractivity contribution >= 4 is 17.5 Å². The SMILES string of the molecule is O=C(CCc1ccccc1)Nc1cccc(C(=O)N2CCCC2)c1. The molecule has 1 heterocycles. The number of amides is 2. The Bertz CT molecular complexity index is 707. The van der Waals surface area contributed by atoms with Crippen LogP contribution >= 0.6 is 0 Å². The second-order valence-electron chi connectivity index (χ2n) is 6.11. The van der Waals surface area contributed by atoms with E-state index in [1.165, 1.54) is 0 Å². The van der Waals surface area contributed by atoms with E-state index in [4.69, 9.17) is 0 Å². The van der Waals surface area contributed by atoms with Gasteiger partial charge >= 0.3 is 0 Å². The second-order valence-corrected chi connectivity index (χ2v) is 6.11. The molecule has 0 aromatic heterocycles. The molecule has 0 unspecified atom stereocenters. The highest BCUT2D eigenvalue weighted by atomic mass is 16.2. The van der Waals surface area contributed by atoms with Crippen molar-refractivity contribution < 1.29 is 9.59 Å². The molecule has 0 radical (unpaired) electrons. The van der Waals surface area contributed by atoms with E-state index in [0.29, 0.717) is 24.1 Å². The van der Waals surface area contributed by atoms with E-state index in [2.05, 4.69) is 5.32 Å². The van der Waals surface area contributed by atoms with Crippen LogP contribution in [0.2, 0.25) is 0 Å². The molecule has 24 heavy (non-hydrogen) atoms. The number of carbonyl (C=O) groups is 2. The molecule has 0 spiro atoms. The van der Waals surface area contributed by atoms with Crippen molar-refractivity contribution in [2.24, 2.45) is 0 Å². The van der Waals surface area contributed by atoms with Crippen LogP contribution in [0.25, 0.3) is 0 Å². The van der Waals surface area contributed by atoms with Gasteiger partial charge in [-0.3, -0.25) is 9.59 Å². The number of nitrogens with one attached hydrogen (secondary N) is 1. The van der Waals surface area contributed by atoms with E-state index in [1.54, 1.807) is 12.1 Å². The second kappa shape index (κ2) is 7.77. The van der Waals surface area contributed by atoms with Gasteiger partial charge in [0.25, 0.3) is 5.91 Å². The van der Waals surface area contributed by atoms with Gasteiger partial charge in [-0.2, -0.15) is 0 Å². The largest absolute Gasteiger partial charge is 0.339 e. The van der Waals surface area contributed by atoms with Gasteiger partial charge in [-0.1, -0.05) is 36.4 Å². The van der Waals surface area contributed by atoms with Crippen molar-refractivity contribution in [3.05, 3.63) is 65.7 Å². The fraction of sp³-hybridized carbons (Fsp3) is 0.300. The van der Waals surface area contributed by atoms with E-state index in [0.717, 1.165) is 31.5 Å². The van der Waals surface area contributed by atoms with Gasteiger partial charge in [-0.05, 0) is 43.0 Å². The summed E-state index contributed by atoms with van der Waals surface area (Å²) in [6, 6.07) is 17.2. The maximum Gasteiger partial charge on any atom is 0.253 e. The van der Waals surface area contributed by atoms with Crippen molar-refractivity contribution in [1.82, 2.24) is 4.90 Å². The molecule has 1 fully saturated rings. The normalized spacial score (nSPS) is 13.8. The maximum absolute atomic E-state index is 12.4. The third-order valence-electron chi connectivity index (χ3n) is 4.27. The average Bonchev–Trinajstić information content (AvgIpc) is 3.15. The van der Waals surface area contributed by atoms with Crippen molar-refractivity contribution in [3.8, 4) is 0 Å². The van der Waals surface area contributed by atoms with E-state index < -0.39 is 0 Å². The van der Waals surface area contributed by atoms with Gasteiger partial charge in [-0.25, -0.2) is 0 Å². The Balaban J connectivity index is 1.57. The zero-order valence-corrected chi connectivity index (χ0v) is 13.7. The van der Waals surface area contributed by atoms with Crippen LogP contribution in [0.4, 0.5) is 5.69 Å². The Hall–Kier alpha value is -2.62. The van der Waals surface area contributed by atoms with Gasteiger partial charge in [-0.15, -0.1) is 0 Å². The lowest BCUT2D eigenvalue weighted by Gasteiger charge is -2.15. The molecule has 0 aliphatic carbocycles. The van der Waals surface area contributed by atoms with Gasteiger partial charge in [0, 0.05) is 30.8 Å². The molecule has 2 aromatic rings. The fourth-order valence-corrected chi connectivity index (χ4v) is 2.96. The molecule has 1 N–H and O–H groups in total. The highest BCUT2D eigenvalue weighted by Crippen LogP contribution is 2.16. The molecule has 0 bridgehead atoms. The molecular weight excluding hydrogens is 300 g/mol. The fourth-order valence-electron chi connectivity index (χ4n) is 2.96. The number of aryl methyl sites for hydroxylation is 1. The number of anilines is 1. The number of carbonyl (C=O) groups excluding carboxylic acids is 2. The van der Waals surface area contributed by atoms with Gasteiger partial charge < -0.3 is 10.2 Å². The summed E-state index contributed by atoms with van der Waals surface area (Å²) < 4.78 is 0. The third-order valence-corrected chi connectivity index (χ3v) is 4.27. The van der Waals surface area contributed by atoms with E-state index in [1.807, 2.05) is 47.4 Å². The Morgan fingerprint density at radius 1 is 0.958 bits per heavy atom. The van der Waals surface area contributed by atoms with Gasteiger partial charge in [0.1, 0.15) is 0 Å². The Morgan fingerprint density at radius 3 is 2.46 bits per heavy atom. The lowest BCUT2D eigenvalue weighted by Crippen LogP contribution is -2.27. The van der Waals surface area contributed by atoms with Crippen LogP contribution in [-0.2, 0) is 11.2 Å². The summed E-state index contributed by atoms with van der Waals surface area (Å²) in [5.74, 6) is 0.0116. The van der Waals surface area contributed by atoms with Crippen LogP contribution in [0, 0.1) is 0 Å².